The number of hydrogen-bond acceptors (Lipinski definition) is 3. The van der Waals surface area contributed by atoms with E-state index in [0.717, 1.165) is 25.7 Å². The average Bonchev–Trinajstić information content (AvgIpc) is 2.96. The highest BCUT2D eigenvalue weighted by molar-refractivity contribution is 5.89. The Bertz CT molecular complexity index is 377. The van der Waals surface area contributed by atoms with Crippen LogP contribution in [0, 0.1) is 0 Å². The molecule has 0 radical (unpaired) electrons. The van der Waals surface area contributed by atoms with Gasteiger partial charge in [0.2, 0.25) is 0 Å². The molecule has 8 heteroatoms. The van der Waals surface area contributed by atoms with Crippen LogP contribution in [0.3, 0.4) is 0 Å². The van der Waals surface area contributed by atoms with E-state index in [1.54, 1.807) is 0 Å². The molecule has 20 heavy (non-hydrogen) atoms. The summed E-state index contributed by atoms with van der Waals surface area (Å²) in [4.78, 5) is 12.8. The summed E-state index contributed by atoms with van der Waals surface area (Å²) in [5, 5.41) is 6.69. The summed E-state index contributed by atoms with van der Waals surface area (Å²) < 4.78 is 36.6. The van der Waals surface area contributed by atoms with Crippen molar-refractivity contribution in [1.29, 1.82) is 0 Å². The van der Waals surface area contributed by atoms with Gasteiger partial charge in [-0.25, -0.2) is 10.2 Å². The van der Waals surface area contributed by atoms with Gasteiger partial charge in [-0.15, -0.1) is 0 Å². The Morgan fingerprint density at radius 2 is 2.05 bits per heavy atom. The first-order chi connectivity index (χ1) is 9.42. The Hall–Kier alpha value is -1.31. The van der Waals surface area contributed by atoms with Crippen molar-refractivity contribution in [1.82, 2.24) is 15.6 Å². The lowest BCUT2D eigenvalue weighted by atomic mass is 10.3. The zero-order chi connectivity index (χ0) is 14.6. The highest BCUT2D eigenvalue weighted by Gasteiger charge is 2.33. The van der Waals surface area contributed by atoms with Crippen molar-refractivity contribution in [3.05, 3.63) is 0 Å². The maximum absolute atomic E-state index is 12.2. The van der Waals surface area contributed by atoms with Crippen molar-refractivity contribution in [2.75, 3.05) is 19.6 Å². The first-order valence-electron chi connectivity index (χ1n) is 6.83. The van der Waals surface area contributed by atoms with E-state index in [1.165, 1.54) is 4.90 Å². The molecule has 2 aliphatic rings. The summed E-state index contributed by atoms with van der Waals surface area (Å²) in [7, 11) is 0. The highest BCUT2D eigenvalue weighted by atomic mass is 19.4. The second-order valence-electron chi connectivity index (χ2n) is 5.32. The number of likely N-dealkylation sites (tertiary alicyclic amines) is 1. The summed E-state index contributed by atoms with van der Waals surface area (Å²) in [5.74, 6) is 0. The minimum atomic E-state index is -4.19. The standard InChI is InChI=1S/C12H19F3N4O/c13-12(14,15)8-19-6-5-10(7-19)17-18-11(20)16-9-3-1-2-4-9/h9H,1-8H2,(H2,16,18,20)/b17-10+. The van der Waals surface area contributed by atoms with Crippen LogP contribution < -0.4 is 10.7 Å². The minimum Gasteiger partial charge on any atom is -0.334 e. The van der Waals surface area contributed by atoms with Crippen molar-refractivity contribution >= 4 is 11.7 Å². The number of carbonyl (C=O) groups is 1. The van der Waals surface area contributed by atoms with Gasteiger partial charge >= 0.3 is 12.2 Å². The van der Waals surface area contributed by atoms with E-state index in [-0.39, 0.29) is 18.6 Å². The zero-order valence-electron chi connectivity index (χ0n) is 11.2. The summed E-state index contributed by atoms with van der Waals surface area (Å²) >= 11 is 0. The number of amides is 2. The van der Waals surface area contributed by atoms with E-state index in [0.29, 0.717) is 18.7 Å². The van der Waals surface area contributed by atoms with Gasteiger partial charge in [-0.05, 0) is 12.8 Å². The summed E-state index contributed by atoms with van der Waals surface area (Å²) in [5.41, 5.74) is 2.94. The second kappa shape index (κ2) is 6.43. The SMILES string of the molecule is O=C(N/N=C1\CCN(CC(F)(F)F)C1)NC1CCCC1. The maximum Gasteiger partial charge on any atom is 0.401 e. The molecule has 1 aliphatic heterocycles. The number of rotatable bonds is 3. The van der Waals surface area contributed by atoms with Crippen molar-refractivity contribution in [2.45, 2.75) is 44.3 Å². The molecule has 0 bridgehead atoms. The molecule has 0 aromatic carbocycles. The number of urea groups is 1. The van der Waals surface area contributed by atoms with Crippen molar-refractivity contribution in [2.24, 2.45) is 5.10 Å². The Labute approximate surface area is 115 Å². The van der Waals surface area contributed by atoms with Gasteiger partial charge in [-0.1, -0.05) is 12.8 Å². The van der Waals surface area contributed by atoms with Crippen molar-refractivity contribution in [3.63, 3.8) is 0 Å². The molecule has 1 aliphatic carbocycles. The van der Waals surface area contributed by atoms with E-state index < -0.39 is 12.7 Å². The number of carbonyl (C=O) groups excluding carboxylic acids is 1. The van der Waals surface area contributed by atoms with E-state index in [9.17, 15) is 18.0 Å². The molecule has 2 N–H and O–H groups in total. The lowest BCUT2D eigenvalue weighted by Crippen LogP contribution is -2.39. The lowest BCUT2D eigenvalue weighted by molar-refractivity contribution is -0.142. The number of alkyl halides is 3. The molecule has 1 saturated heterocycles. The van der Waals surface area contributed by atoms with Gasteiger partial charge in [0.05, 0.1) is 12.3 Å². The predicted octanol–water partition coefficient (Wildman–Crippen LogP) is 1.85. The van der Waals surface area contributed by atoms with Gasteiger partial charge in [0.25, 0.3) is 0 Å². The number of hydrazone groups is 1. The topological polar surface area (TPSA) is 56.7 Å². The zero-order valence-corrected chi connectivity index (χ0v) is 11.2. The molecule has 2 amide bonds. The molecular formula is C12H19F3N4O. The van der Waals surface area contributed by atoms with Gasteiger partial charge in [0, 0.05) is 25.6 Å². The van der Waals surface area contributed by atoms with Crippen molar-refractivity contribution < 1.29 is 18.0 Å². The third-order valence-corrected chi connectivity index (χ3v) is 3.53. The summed E-state index contributed by atoms with van der Waals surface area (Å²) in [6.45, 7) is -0.451. The lowest BCUT2D eigenvalue weighted by Gasteiger charge is -2.15. The molecule has 5 nitrogen and oxygen atoms in total. The van der Waals surface area contributed by atoms with E-state index in [2.05, 4.69) is 15.8 Å². The number of hydrogen-bond donors (Lipinski definition) is 2. The van der Waals surface area contributed by atoms with Crippen LogP contribution in [-0.4, -0.2) is 48.5 Å². The largest absolute Gasteiger partial charge is 0.401 e. The first kappa shape index (κ1) is 15.1. The minimum absolute atomic E-state index is 0.156. The van der Waals surface area contributed by atoms with Crippen LogP contribution >= 0.6 is 0 Å². The van der Waals surface area contributed by atoms with Crippen LogP contribution in [0.25, 0.3) is 0 Å². The fourth-order valence-electron chi connectivity index (χ4n) is 2.60. The quantitative estimate of drug-likeness (QED) is 0.780. The Morgan fingerprint density at radius 3 is 2.70 bits per heavy atom. The third-order valence-electron chi connectivity index (χ3n) is 3.53. The van der Waals surface area contributed by atoms with Crippen LogP contribution in [-0.2, 0) is 0 Å². The van der Waals surface area contributed by atoms with E-state index in [4.69, 9.17) is 0 Å². The van der Waals surface area contributed by atoms with Crippen LogP contribution in [0.15, 0.2) is 5.10 Å². The molecule has 0 aromatic heterocycles. The number of nitrogens with zero attached hydrogens (tertiary/aromatic N) is 2. The van der Waals surface area contributed by atoms with Crippen LogP contribution in [0.4, 0.5) is 18.0 Å². The smallest absolute Gasteiger partial charge is 0.334 e. The molecule has 2 fully saturated rings. The average molecular weight is 292 g/mol. The third kappa shape index (κ3) is 4.99. The van der Waals surface area contributed by atoms with Gasteiger partial charge in [0.15, 0.2) is 0 Å². The van der Waals surface area contributed by atoms with Gasteiger partial charge in [-0.3, -0.25) is 4.90 Å². The normalized spacial score (nSPS) is 23.4. The van der Waals surface area contributed by atoms with Crippen LogP contribution in [0.5, 0.6) is 0 Å². The van der Waals surface area contributed by atoms with E-state index in [1.807, 2.05) is 0 Å². The molecule has 0 aromatic rings. The first-order valence-corrected chi connectivity index (χ1v) is 6.83. The summed E-state index contributed by atoms with van der Waals surface area (Å²) in [6, 6.07) is -0.181. The summed E-state index contributed by atoms with van der Waals surface area (Å²) in [6.07, 6.45) is 0.451. The highest BCUT2D eigenvalue weighted by Crippen LogP contribution is 2.19. The Morgan fingerprint density at radius 1 is 1.35 bits per heavy atom. The Kier molecular flexibility index (Phi) is 4.85. The van der Waals surface area contributed by atoms with E-state index >= 15 is 0 Å². The Balaban J connectivity index is 1.71. The molecular weight excluding hydrogens is 273 g/mol. The van der Waals surface area contributed by atoms with Crippen LogP contribution in [0.2, 0.25) is 0 Å². The van der Waals surface area contributed by atoms with Crippen molar-refractivity contribution in [3.8, 4) is 0 Å². The molecule has 0 spiro atoms. The maximum atomic E-state index is 12.2. The molecule has 114 valence electrons. The molecule has 2 rings (SSSR count). The number of nitrogens with one attached hydrogen (secondary N) is 2. The fourth-order valence-corrected chi connectivity index (χ4v) is 2.60. The monoisotopic (exact) mass is 292 g/mol. The second-order valence-corrected chi connectivity index (χ2v) is 5.32. The van der Waals surface area contributed by atoms with Crippen LogP contribution in [0.1, 0.15) is 32.1 Å². The fraction of sp³-hybridized carbons (Fsp3) is 0.833. The van der Waals surface area contributed by atoms with Gasteiger partial charge in [-0.2, -0.15) is 18.3 Å². The number of halogens is 3. The molecule has 1 saturated carbocycles. The van der Waals surface area contributed by atoms with Gasteiger partial charge in [0.1, 0.15) is 0 Å². The molecule has 1 heterocycles. The predicted molar refractivity (Wildman–Crippen MR) is 68.5 cm³/mol. The molecule has 0 atom stereocenters. The van der Waals surface area contributed by atoms with Gasteiger partial charge < -0.3 is 5.32 Å². The molecule has 0 unspecified atom stereocenters.